The Morgan fingerprint density at radius 2 is 2.08 bits per heavy atom. The summed E-state index contributed by atoms with van der Waals surface area (Å²) in [7, 11) is 1.52. The fourth-order valence-corrected chi connectivity index (χ4v) is 3.76. The van der Waals surface area contributed by atoms with Gasteiger partial charge in [0.15, 0.2) is 0 Å². The molecule has 6 heteroatoms. The van der Waals surface area contributed by atoms with Crippen LogP contribution in [0.1, 0.15) is 48.0 Å². The highest BCUT2D eigenvalue weighted by Gasteiger charge is 2.41. The number of ether oxygens (including phenoxy) is 1. The molecule has 0 atom stereocenters. The fourth-order valence-electron chi connectivity index (χ4n) is 3.76. The highest BCUT2D eigenvalue weighted by Crippen LogP contribution is 2.40. The van der Waals surface area contributed by atoms with E-state index in [4.69, 9.17) is 10.00 Å². The molecule has 0 spiro atoms. The summed E-state index contributed by atoms with van der Waals surface area (Å²) < 4.78 is 4.95. The van der Waals surface area contributed by atoms with Crippen LogP contribution in [0.2, 0.25) is 0 Å². The van der Waals surface area contributed by atoms with Crippen LogP contribution in [0.25, 0.3) is 0 Å². The molecule has 138 valence electrons. The smallest absolute Gasteiger partial charge is 0.253 e. The van der Waals surface area contributed by atoms with E-state index < -0.39 is 0 Å². The number of methoxy groups -OCH3 is 1. The van der Waals surface area contributed by atoms with Crippen molar-refractivity contribution in [2.75, 3.05) is 26.8 Å². The molecule has 1 aromatic rings. The third kappa shape index (κ3) is 4.41. The maximum absolute atomic E-state index is 12.7. The van der Waals surface area contributed by atoms with Crippen LogP contribution in [0.3, 0.4) is 0 Å². The average molecular weight is 355 g/mol. The van der Waals surface area contributed by atoms with Crippen molar-refractivity contribution < 1.29 is 14.3 Å². The Labute approximate surface area is 154 Å². The molecular formula is C20H25N3O3. The molecule has 3 rings (SSSR count). The largest absolute Gasteiger partial charge is 0.375 e. The molecule has 2 aliphatic rings. The predicted molar refractivity (Wildman–Crippen MR) is 96.4 cm³/mol. The van der Waals surface area contributed by atoms with E-state index in [0.29, 0.717) is 30.1 Å². The van der Waals surface area contributed by atoms with Gasteiger partial charge in [0, 0.05) is 31.3 Å². The number of nitrogens with zero attached hydrogens (tertiary/aromatic N) is 2. The minimum absolute atomic E-state index is 0.0506. The van der Waals surface area contributed by atoms with E-state index in [-0.39, 0.29) is 24.0 Å². The van der Waals surface area contributed by atoms with Gasteiger partial charge in [-0.3, -0.25) is 9.59 Å². The molecule has 1 saturated carbocycles. The van der Waals surface area contributed by atoms with Crippen molar-refractivity contribution >= 4 is 11.8 Å². The van der Waals surface area contributed by atoms with E-state index in [9.17, 15) is 9.59 Å². The van der Waals surface area contributed by atoms with Crippen molar-refractivity contribution in [2.24, 2.45) is 5.92 Å². The summed E-state index contributed by atoms with van der Waals surface area (Å²) in [5, 5.41) is 12.2. The first kappa shape index (κ1) is 18.4. The molecule has 1 aromatic carbocycles. The first-order valence-corrected chi connectivity index (χ1v) is 9.15. The maximum atomic E-state index is 12.7. The second-order valence-electron chi connectivity index (χ2n) is 7.39. The van der Waals surface area contributed by atoms with E-state index in [2.05, 4.69) is 11.4 Å². The third-order valence-electron chi connectivity index (χ3n) is 5.30. The Morgan fingerprint density at radius 1 is 1.35 bits per heavy atom. The lowest BCUT2D eigenvalue weighted by Gasteiger charge is -2.42. The standard InChI is InChI=1S/C20H25N3O3/c1-26-14-18(24)22-20(12-15-5-6-15)7-9-23(10-8-20)19(25)17-4-2-3-16(11-17)13-21/h2-4,11,15H,5-10,12,14H2,1H3,(H,22,24). The Kier molecular flexibility index (Phi) is 5.58. The van der Waals surface area contributed by atoms with Crippen LogP contribution in [0, 0.1) is 17.2 Å². The van der Waals surface area contributed by atoms with Gasteiger partial charge in [0.25, 0.3) is 5.91 Å². The Balaban J connectivity index is 1.65. The van der Waals surface area contributed by atoms with E-state index in [0.717, 1.165) is 19.3 Å². The lowest BCUT2D eigenvalue weighted by molar-refractivity contribution is -0.127. The number of likely N-dealkylation sites (tertiary alicyclic amines) is 1. The lowest BCUT2D eigenvalue weighted by Crippen LogP contribution is -2.57. The minimum atomic E-state index is -0.234. The zero-order valence-electron chi connectivity index (χ0n) is 15.2. The number of hydrogen-bond acceptors (Lipinski definition) is 4. The molecular weight excluding hydrogens is 330 g/mol. The van der Waals surface area contributed by atoms with Gasteiger partial charge in [-0.1, -0.05) is 18.9 Å². The fraction of sp³-hybridized carbons (Fsp3) is 0.550. The highest BCUT2D eigenvalue weighted by molar-refractivity contribution is 5.94. The van der Waals surface area contributed by atoms with Crippen LogP contribution < -0.4 is 5.32 Å². The molecule has 26 heavy (non-hydrogen) atoms. The van der Waals surface area contributed by atoms with Gasteiger partial charge >= 0.3 is 0 Å². The summed E-state index contributed by atoms with van der Waals surface area (Å²) in [5.41, 5.74) is 0.798. The molecule has 0 aromatic heterocycles. The zero-order valence-corrected chi connectivity index (χ0v) is 15.2. The average Bonchev–Trinajstić information content (AvgIpc) is 3.45. The van der Waals surface area contributed by atoms with Gasteiger partial charge < -0.3 is 15.0 Å². The third-order valence-corrected chi connectivity index (χ3v) is 5.30. The van der Waals surface area contributed by atoms with E-state index in [1.54, 1.807) is 24.3 Å². The quantitative estimate of drug-likeness (QED) is 0.847. The molecule has 1 aliphatic carbocycles. The monoisotopic (exact) mass is 355 g/mol. The summed E-state index contributed by atoms with van der Waals surface area (Å²) >= 11 is 0. The molecule has 1 N–H and O–H groups in total. The molecule has 1 heterocycles. The van der Waals surface area contributed by atoms with Crippen molar-refractivity contribution in [3.05, 3.63) is 35.4 Å². The Morgan fingerprint density at radius 3 is 2.69 bits per heavy atom. The molecule has 6 nitrogen and oxygen atoms in total. The van der Waals surface area contributed by atoms with Gasteiger partial charge in [-0.05, 0) is 43.4 Å². The van der Waals surface area contributed by atoms with Gasteiger partial charge in [-0.15, -0.1) is 0 Å². The molecule has 1 saturated heterocycles. The minimum Gasteiger partial charge on any atom is -0.375 e. The normalized spacial score (nSPS) is 18.8. The van der Waals surface area contributed by atoms with Gasteiger partial charge in [-0.25, -0.2) is 0 Å². The first-order valence-electron chi connectivity index (χ1n) is 9.15. The van der Waals surface area contributed by atoms with E-state index in [1.807, 2.05) is 4.90 Å². The maximum Gasteiger partial charge on any atom is 0.253 e. The van der Waals surface area contributed by atoms with Crippen LogP contribution in [0.5, 0.6) is 0 Å². The van der Waals surface area contributed by atoms with E-state index in [1.165, 1.54) is 20.0 Å². The Hall–Kier alpha value is -2.39. The van der Waals surface area contributed by atoms with Crippen molar-refractivity contribution in [2.45, 2.75) is 37.6 Å². The van der Waals surface area contributed by atoms with Crippen molar-refractivity contribution in [3.63, 3.8) is 0 Å². The molecule has 2 amide bonds. The Bertz CT molecular complexity index is 713. The number of benzene rings is 1. The van der Waals surface area contributed by atoms with Crippen LogP contribution in [-0.4, -0.2) is 49.1 Å². The van der Waals surface area contributed by atoms with Gasteiger partial charge in [0.2, 0.25) is 5.91 Å². The summed E-state index contributed by atoms with van der Waals surface area (Å²) in [5.74, 6) is 0.549. The van der Waals surface area contributed by atoms with Crippen LogP contribution in [0.4, 0.5) is 0 Å². The second-order valence-corrected chi connectivity index (χ2v) is 7.39. The topological polar surface area (TPSA) is 82.4 Å². The number of nitrogens with one attached hydrogen (secondary N) is 1. The van der Waals surface area contributed by atoms with Crippen molar-refractivity contribution in [3.8, 4) is 6.07 Å². The molecule has 2 fully saturated rings. The molecule has 0 radical (unpaired) electrons. The number of piperidine rings is 1. The van der Waals surface area contributed by atoms with E-state index >= 15 is 0 Å². The number of carbonyl (C=O) groups excluding carboxylic acids is 2. The van der Waals surface area contributed by atoms with Crippen molar-refractivity contribution in [1.82, 2.24) is 10.2 Å². The number of rotatable bonds is 6. The molecule has 0 bridgehead atoms. The molecule has 1 aliphatic heterocycles. The number of amides is 2. The molecule has 0 unspecified atom stereocenters. The first-order chi connectivity index (χ1) is 12.5. The number of hydrogen-bond donors (Lipinski definition) is 1. The van der Waals surface area contributed by atoms with Gasteiger partial charge in [-0.2, -0.15) is 5.26 Å². The summed E-state index contributed by atoms with van der Waals surface area (Å²) in [4.78, 5) is 26.6. The number of nitriles is 1. The van der Waals surface area contributed by atoms with Crippen LogP contribution >= 0.6 is 0 Å². The number of carbonyl (C=O) groups is 2. The van der Waals surface area contributed by atoms with Crippen LogP contribution in [-0.2, 0) is 9.53 Å². The predicted octanol–water partition coefficient (Wildman–Crippen LogP) is 2.10. The lowest BCUT2D eigenvalue weighted by atomic mass is 9.82. The summed E-state index contributed by atoms with van der Waals surface area (Å²) in [6.45, 7) is 1.28. The van der Waals surface area contributed by atoms with Crippen LogP contribution in [0.15, 0.2) is 24.3 Å². The van der Waals surface area contributed by atoms with Gasteiger partial charge in [0.1, 0.15) is 6.61 Å². The zero-order chi connectivity index (χ0) is 18.6. The van der Waals surface area contributed by atoms with Gasteiger partial charge in [0.05, 0.1) is 11.6 Å². The highest BCUT2D eigenvalue weighted by atomic mass is 16.5. The second kappa shape index (κ2) is 7.88. The van der Waals surface area contributed by atoms with Crippen molar-refractivity contribution in [1.29, 1.82) is 5.26 Å². The summed E-state index contributed by atoms with van der Waals surface area (Å²) in [6, 6.07) is 8.88. The SMILES string of the molecule is COCC(=O)NC1(CC2CC2)CCN(C(=O)c2cccc(C#N)c2)CC1. The summed E-state index contributed by atoms with van der Waals surface area (Å²) in [6.07, 6.45) is 4.94.